The molecule has 0 bridgehead atoms. The molecule has 184 valence electrons. The molecule has 1 saturated carbocycles. The van der Waals surface area contributed by atoms with Crippen LogP contribution in [-0.2, 0) is 14.1 Å². The molecule has 1 aliphatic carbocycles. The van der Waals surface area contributed by atoms with Gasteiger partial charge >= 0.3 is 0 Å². The molecule has 0 aliphatic heterocycles. The van der Waals surface area contributed by atoms with Crippen LogP contribution >= 0.6 is 0 Å². The number of hydrogen-bond donors (Lipinski definition) is 2. The molecule has 0 unspecified atom stereocenters. The molecule has 0 atom stereocenters. The normalized spacial score (nSPS) is 13.8. The van der Waals surface area contributed by atoms with Crippen molar-refractivity contribution < 1.29 is 4.74 Å². The zero-order chi connectivity index (χ0) is 24.9. The number of rotatable bonds is 8. The highest BCUT2D eigenvalue weighted by Crippen LogP contribution is 2.35. The summed E-state index contributed by atoms with van der Waals surface area (Å²) in [6.07, 6.45) is 13.7. The Hall–Kier alpha value is -4.32. The molecule has 1 aliphatic rings. The van der Waals surface area contributed by atoms with Crippen LogP contribution in [0.1, 0.15) is 32.1 Å². The van der Waals surface area contributed by atoms with Gasteiger partial charge in [-0.25, -0.2) is 4.98 Å². The molecule has 9 heteroatoms. The Bertz CT molecular complexity index is 1380. The highest BCUT2D eigenvalue weighted by atomic mass is 16.5. The summed E-state index contributed by atoms with van der Waals surface area (Å²) in [5.74, 6) is 2.19. The van der Waals surface area contributed by atoms with Crippen LogP contribution in [0.15, 0.2) is 55.1 Å². The molecule has 0 spiro atoms. The molecule has 1 fully saturated rings. The fourth-order valence-corrected chi connectivity index (χ4v) is 4.65. The summed E-state index contributed by atoms with van der Waals surface area (Å²) in [4.78, 5) is 4.96. The maximum atomic E-state index is 9.05. The van der Waals surface area contributed by atoms with E-state index in [1.54, 1.807) is 15.6 Å². The van der Waals surface area contributed by atoms with Gasteiger partial charge in [0.15, 0.2) is 6.61 Å². The van der Waals surface area contributed by atoms with E-state index in [0.29, 0.717) is 11.8 Å². The number of nitrogens with one attached hydrogen (secondary N) is 2. The number of ether oxygens (including phenoxy) is 1. The first-order valence-electron chi connectivity index (χ1n) is 12.3. The Morgan fingerprint density at radius 1 is 0.972 bits per heavy atom. The number of nitrogens with zero attached hydrogens (tertiary/aromatic N) is 6. The zero-order valence-electron chi connectivity index (χ0n) is 20.6. The Kier molecular flexibility index (Phi) is 6.85. The second-order valence-corrected chi connectivity index (χ2v) is 9.16. The van der Waals surface area contributed by atoms with E-state index in [-0.39, 0.29) is 6.61 Å². The van der Waals surface area contributed by atoms with Crippen molar-refractivity contribution >= 4 is 17.3 Å². The van der Waals surface area contributed by atoms with Crippen LogP contribution in [0, 0.1) is 11.3 Å². The number of benzene rings is 1. The van der Waals surface area contributed by atoms with E-state index in [9.17, 15) is 0 Å². The largest absolute Gasteiger partial charge is 0.478 e. The lowest BCUT2D eigenvalue weighted by Crippen LogP contribution is -2.23. The van der Waals surface area contributed by atoms with Gasteiger partial charge in [-0.15, -0.1) is 0 Å². The molecule has 3 heterocycles. The number of anilines is 3. The minimum absolute atomic E-state index is 0.0375. The fourth-order valence-electron chi connectivity index (χ4n) is 4.65. The van der Waals surface area contributed by atoms with E-state index < -0.39 is 0 Å². The van der Waals surface area contributed by atoms with Crippen molar-refractivity contribution in [1.29, 1.82) is 5.26 Å². The van der Waals surface area contributed by atoms with Gasteiger partial charge in [0.05, 0.1) is 12.4 Å². The maximum Gasteiger partial charge on any atom is 0.174 e. The van der Waals surface area contributed by atoms with Crippen LogP contribution < -0.4 is 15.4 Å². The van der Waals surface area contributed by atoms with Crippen molar-refractivity contribution in [2.24, 2.45) is 14.1 Å². The summed E-state index contributed by atoms with van der Waals surface area (Å²) in [5, 5.41) is 24.8. The summed E-state index contributed by atoms with van der Waals surface area (Å²) >= 11 is 0. The molecule has 2 N–H and O–H groups in total. The van der Waals surface area contributed by atoms with Gasteiger partial charge in [0, 0.05) is 66.5 Å². The molecule has 0 amide bonds. The lowest BCUT2D eigenvalue weighted by molar-refractivity contribution is 0.370. The molecular formula is C27H30N8O. The summed E-state index contributed by atoms with van der Waals surface area (Å²) in [7, 11) is 3.79. The minimum Gasteiger partial charge on any atom is -0.478 e. The Labute approximate surface area is 210 Å². The standard InChI is InChI=1S/C27H30N8O/c1-34-17-19(15-29-34)23-9-8-22(14-25(23)36-13-12-28)31-26-11-10-24(20-16-30-35(2)18-20)27(33-26)32-21-6-4-3-5-7-21/h8-11,14-18,21H,3-7,13H2,1-2H3,(H2,31,32,33). The van der Waals surface area contributed by atoms with Crippen molar-refractivity contribution in [3.05, 3.63) is 55.1 Å². The van der Waals surface area contributed by atoms with Crippen LogP contribution in [0.4, 0.5) is 17.3 Å². The van der Waals surface area contributed by atoms with E-state index in [4.69, 9.17) is 15.0 Å². The maximum absolute atomic E-state index is 9.05. The zero-order valence-corrected chi connectivity index (χ0v) is 20.6. The monoisotopic (exact) mass is 482 g/mol. The number of aryl methyl sites for hydroxylation is 2. The number of hydrogen-bond acceptors (Lipinski definition) is 7. The predicted octanol–water partition coefficient (Wildman–Crippen LogP) is 5.27. The summed E-state index contributed by atoms with van der Waals surface area (Å²) in [6, 6.07) is 12.4. The molecule has 0 radical (unpaired) electrons. The fraction of sp³-hybridized carbons (Fsp3) is 0.333. The van der Waals surface area contributed by atoms with Gasteiger partial charge in [-0.05, 0) is 37.1 Å². The van der Waals surface area contributed by atoms with Gasteiger partial charge in [0.25, 0.3) is 0 Å². The van der Waals surface area contributed by atoms with E-state index in [2.05, 4.69) is 26.9 Å². The predicted molar refractivity (Wildman–Crippen MR) is 140 cm³/mol. The van der Waals surface area contributed by atoms with Crippen molar-refractivity contribution in [1.82, 2.24) is 24.5 Å². The first-order valence-corrected chi connectivity index (χ1v) is 12.3. The van der Waals surface area contributed by atoms with Crippen LogP contribution in [-0.4, -0.2) is 37.2 Å². The number of nitriles is 1. The van der Waals surface area contributed by atoms with Crippen molar-refractivity contribution in [2.75, 3.05) is 17.2 Å². The van der Waals surface area contributed by atoms with E-state index >= 15 is 0 Å². The summed E-state index contributed by atoms with van der Waals surface area (Å²) in [6.45, 7) is -0.0375. The SMILES string of the molecule is Cn1cc(-c2ccc(Nc3ccc(-c4cnn(C)c4)c(NC4CCCCC4)n3)cc2OCC#N)cn1. The topological polar surface area (TPSA) is 106 Å². The Balaban J connectivity index is 1.44. The van der Waals surface area contributed by atoms with Crippen LogP contribution in [0.5, 0.6) is 5.75 Å². The average molecular weight is 483 g/mol. The van der Waals surface area contributed by atoms with E-state index in [1.807, 2.05) is 63.0 Å². The van der Waals surface area contributed by atoms with Crippen LogP contribution in [0.2, 0.25) is 0 Å². The van der Waals surface area contributed by atoms with Gasteiger partial charge in [-0.3, -0.25) is 9.36 Å². The third kappa shape index (κ3) is 5.33. The van der Waals surface area contributed by atoms with Crippen molar-refractivity contribution in [3.8, 4) is 34.1 Å². The Morgan fingerprint density at radius 2 is 1.67 bits per heavy atom. The number of aromatic nitrogens is 5. The van der Waals surface area contributed by atoms with Crippen molar-refractivity contribution in [2.45, 2.75) is 38.1 Å². The smallest absolute Gasteiger partial charge is 0.174 e. The molecule has 5 rings (SSSR count). The van der Waals surface area contributed by atoms with Gasteiger partial charge in [-0.1, -0.05) is 19.3 Å². The molecule has 3 aromatic heterocycles. The van der Waals surface area contributed by atoms with E-state index in [1.165, 1.54) is 19.3 Å². The van der Waals surface area contributed by atoms with Crippen LogP contribution in [0.25, 0.3) is 22.3 Å². The van der Waals surface area contributed by atoms with Gasteiger partial charge in [0.1, 0.15) is 23.5 Å². The molecule has 0 saturated heterocycles. The quantitative estimate of drug-likeness (QED) is 0.352. The molecular weight excluding hydrogens is 452 g/mol. The first kappa shape index (κ1) is 23.4. The second kappa shape index (κ2) is 10.5. The van der Waals surface area contributed by atoms with Crippen LogP contribution in [0.3, 0.4) is 0 Å². The van der Waals surface area contributed by atoms with Gasteiger partial charge < -0.3 is 15.4 Å². The Morgan fingerprint density at radius 3 is 2.33 bits per heavy atom. The highest BCUT2D eigenvalue weighted by molar-refractivity contribution is 5.78. The molecule has 4 aromatic rings. The highest BCUT2D eigenvalue weighted by Gasteiger charge is 2.18. The molecule has 1 aromatic carbocycles. The third-order valence-corrected chi connectivity index (χ3v) is 6.42. The first-order chi connectivity index (χ1) is 17.6. The van der Waals surface area contributed by atoms with Crippen molar-refractivity contribution in [3.63, 3.8) is 0 Å². The average Bonchev–Trinajstić information content (AvgIpc) is 3.52. The summed E-state index contributed by atoms with van der Waals surface area (Å²) in [5.41, 5.74) is 4.69. The second-order valence-electron chi connectivity index (χ2n) is 9.16. The molecule has 9 nitrogen and oxygen atoms in total. The summed E-state index contributed by atoms with van der Waals surface area (Å²) < 4.78 is 9.30. The number of pyridine rings is 1. The molecule has 36 heavy (non-hydrogen) atoms. The van der Waals surface area contributed by atoms with Gasteiger partial charge in [0.2, 0.25) is 0 Å². The third-order valence-electron chi connectivity index (χ3n) is 6.42. The van der Waals surface area contributed by atoms with E-state index in [0.717, 1.165) is 52.4 Å². The minimum atomic E-state index is -0.0375. The lowest BCUT2D eigenvalue weighted by Gasteiger charge is -2.24. The van der Waals surface area contributed by atoms with Gasteiger partial charge in [-0.2, -0.15) is 15.5 Å². The lowest BCUT2D eigenvalue weighted by atomic mass is 9.95.